The summed E-state index contributed by atoms with van der Waals surface area (Å²) in [5.41, 5.74) is 1.11. The fourth-order valence-corrected chi connectivity index (χ4v) is 1.91. The first-order chi connectivity index (χ1) is 7.76. The second-order valence-corrected chi connectivity index (χ2v) is 3.78. The molecule has 0 aliphatic rings. The quantitative estimate of drug-likeness (QED) is 0.856. The number of imidazole rings is 1. The molecule has 0 amide bonds. The summed E-state index contributed by atoms with van der Waals surface area (Å²) in [5, 5.41) is 3.27. The van der Waals surface area contributed by atoms with Crippen molar-refractivity contribution in [2.45, 2.75) is 26.4 Å². The molecule has 2 rings (SSSR count). The van der Waals surface area contributed by atoms with E-state index in [9.17, 15) is 0 Å². The molecule has 0 aliphatic heterocycles. The maximum atomic E-state index is 5.34. The Labute approximate surface area is 95.3 Å². The molecule has 1 N–H and O–H groups in total. The molecule has 0 radical (unpaired) electrons. The van der Waals surface area contributed by atoms with Crippen LogP contribution in [0.2, 0.25) is 0 Å². The molecule has 1 atom stereocenters. The first kappa shape index (κ1) is 11.0. The first-order valence-corrected chi connectivity index (χ1v) is 5.49. The van der Waals surface area contributed by atoms with Gasteiger partial charge in [0.25, 0.3) is 0 Å². The van der Waals surface area contributed by atoms with Crippen molar-refractivity contribution >= 4 is 0 Å². The van der Waals surface area contributed by atoms with Crippen molar-refractivity contribution in [2.24, 2.45) is 0 Å². The predicted molar refractivity (Wildman–Crippen MR) is 62.2 cm³/mol. The second kappa shape index (κ2) is 4.53. The van der Waals surface area contributed by atoms with Gasteiger partial charge in [-0.15, -0.1) is 0 Å². The summed E-state index contributed by atoms with van der Waals surface area (Å²) in [6, 6.07) is 2.13. The van der Waals surface area contributed by atoms with Gasteiger partial charge in [0, 0.05) is 24.5 Å². The number of nitrogens with one attached hydrogen (secondary N) is 1. The fraction of sp³-hybridized carbons (Fsp3) is 0.417. The monoisotopic (exact) mass is 219 g/mol. The van der Waals surface area contributed by atoms with Crippen molar-refractivity contribution in [1.82, 2.24) is 14.9 Å². The number of aryl methyl sites for hydroxylation is 2. The highest BCUT2D eigenvalue weighted by atomic mass is 16.3. The molecule has 4 heteroatoms. The Bertz CT molecular complexity index is 458. The van der Waals surface area contributed by atoms with E-state index < -0.39 is 0 Å². The summed E-state index contributed by atoms with van der Waals surface area (Å²) in [7, 11) is 1.93. The molecule has 0 fully saturated rings. The van der Waals surface area contributed by atoms with E-state index in [4.69, 9.17) is 4.42 Å². The highest BCUT2D eigenvalue weighted by Gasteiger charge is 2.18. The van der Waals surface area contributed by atoms with E-state index in [1.54, 1.807) is 6.26 Å². The van der Waals surface area contributed by atoms with Crippen LogP contribution in [-0.2, 0) is 6.54 Å². The van der Waals surface area contributed by atoms with Crippen molar-refractivity contribution in [1.29, 1.82) is 0 Å². The molecule has 0 aromatic carbocycles. The van der Waals surface area contributed by atoms with Crippen LogP contribution in [0, 0.1) is 6.92 Å². The molecule has 16 heavy (non-hydrogen) atoms. The van der Waals surface area contributed by atoms with Gasteiger partial charge in [0.1, 0.15) is 11.6 Å². The molecular formula is C12H17N3O. The van der Waals surface area contributed by atoms with Crippen LogP contribution in [0.15, 0.2) is 29.1 Å². The van der Waals surface area contributed by atoms with E-state index in [0.717, 1.165) is 23.7 Å². The Morgan fingerprint density at radius 1 is 1.56 bits per heavy atom. The molecule has 86 valence electrons. The van der Waals surface area contributed by atoms with Gasteiger partial charge in [-0.25, -0.2) is 4.98 Å². The van der Waals surface area contributed by atoms with Gasteiger partial charge in [0.05, 0.1) is 12.3 Å². The topological polar surface area (TPSA) is 43.0 Å². The lowest BCUT2D eigenvalue weighted by Crippen LogP contribution is -2.21. The first-order valence-electron chi connectivity index (χ1n) is 5.49. The number of aromatic nitrogens is 2. The van der Waals surface area contributed by atoms with Gasteiger partial charge in [0.2, 0.25) is 0 Å². The Balaban J connectivity index is 2.36. The van der Waals surface area contributed by atoms with Gasteiger partial charge in [-0.3, -0.25) is 0 Å². The van der Waals surface area contributed by atoms with E-state index >= 15 is 0 Å². The van der Waals surface area contributed by atoms with Crippen LogP contribution >= 0.6 is 0 Å². The minimum Gasteiger partial charge on any atom is -0.469 e. The minimum atomic E-state index is 0.0902. The summed E-state index contributed by atoms with van der Waals surface area (Å²) in [6.07, 6.45) is 5.61. The Kier molecular flexibility index (Phi) is 3.10. The van der Waals surface area contributed by atoms with Crippen LogP contribution in [0.25, 0.3) is 0 Å². The Morgan fingerprint density at radius 2 is 2.38 bits per heavy atom. The maximum Gasteiger partial charge on any atom is 0.130 e. The summed E-state index contributed by atoms with van der Waals surface area (Å²) in [6.45, 7) is 4.98. The third-order valence-corrected chi connectivity index (χ3v) is 2.72. The maximum absolute atomic E-state index is 5.34. The number of nitrogens with zero attached hydrogens (tertiary/aromatic N) is 2. The summed E-state index contributed by atoms with van der Waals surface area (Å²) in [5.74, 6) is 1.94. The van der Waals surface area contributed by atoms with Gasteiger partial charge in [-0.1, -0.05) is 0 Å². The lowest BCUT2D eigenvalue weighted by atomic mass is 10.1. The smallest absolute Gasteiger partial charge is 0.130 e. The molecule has 4 nitrogen and oxygen atoms in total. The third kappa shape index (κ3) is 1.88. The van der Waals surface area contributed by atoms with Crippen LogP contribution < -0.4 is 5.32 Å². The average molecular weight is 219 g/mol. The average Bonchev–Trinajstić information content (AvgIpc) is 2.89. The molecule has 0 bridgehead atoms. The SMILES string of the molecule is CCn1ccnc1C(NC)c1coc(C)c1. The van der Waals surface area contributed by atoms with Crippen LogP contribution in [-0.4, -0.2) is 16.6 Å². The summed E-state index contributed by atoms with van der Waals surface area (Å²) < 4.78 is 7.47. The third-order valence-electron chi connectivity index (χ3n) is 2.72. The molecule has 2 aromatic rings. The largest absolute Gasteiger partial charge is 0.469 e. The van der Waals surface area contributed by atoms with Gasteiger partial charge >= 0.3 is 0 Å². The lowest BCUT2D eigenvalue weighted by Gasteiger charge is -2.15. The molecule has 0 aliphatic carbocycles. The van der Waals surface area contributed by atoms with Crippen molar-refractivity contribution in [3.63, 3.8) is 0 Å². The van der Waals surface area contributed by atoms with Crippen LogP contribution in [0.1, 0.15) is 30.1 Å². The van der Waals surface area contributed by atoms with E-state index in [1.165, 1.54) is 0 Å². The highest BCUT2D eigenvalue weighted by Crippen LogP contribution is 2.22. The Hall–Kier alpha value is -1.55. The lowest BCUT2D eigenvalue weighted by molar-refractivity contribution is 0.523. The predicted octanol–water partition coefficient (Wildman–Crippen LogP) is 2.11. The van der Waals surface area contributed by atoms with E-state index in [1.807, 2.05) is 32.4 Å². The molecule has 0 saturated heterocycles. The number of hydrogen-bond acceptors (Lipinski definition) is 3. The van der Waals surface area contributed by atoms with Crippen molar-refractivity contribution in [3.05, 3.63) is 41.9 Å². The summed E-state index contributed by atoms with van der Waals surface area (Å²) in [4.78, 5) is 4.40. The van der Waals surface area contributed by atoms with E-state index in [0.29, 0.717) is 0 Å². The van der Waals surface area contributed by atoms with Crippen LogP contribution in [0.3, 0.4) is 0 Å². The molecule has 2 aromatic heterocycles. The fourth-order valence-electron chi connectivity index (χ4n) is 1.91. The van der Waals surface area contributed by atoms with Crippen molar-refractivity contribution in [3.8, 4) is 0 Å². The number of rotatable bonds is 4. The van der Waals surface area contributed by atoms with E-state index in [-0.39, 0.29) is 6.04 Å². The zero-order chi connectivity index (χ0) is 11.5. The zero-order valence-electron chi connectivity index (χ0n) is 9.90. The molecular weight excluding hydrogens is 202 g/mol. The molecule has 0 spiro atoms. The standard InChI is InChI=1S/C12H17N3O/c1-4-15-6-5-14-12(15)11(13-3)10-7-9(2)16-8-10/h5-8,11,13H,4H2,1-3H3. The summed E-state index contributed by atoms with van der Waals surface area (Å²) >= 11 is 0. The highest BCUT2D eigenvalue weighted by molar-refractivity contribution is 5.23. The molecule has 1 unspecified atom stereocenters. The number of furan rings is 1. The normalized spacial score (nSPS) is 12.9. The minimum absolute atomic E-state index is 0.0902. The van der Waals surface area contributed by atoms with E-state index in [2.05, 4.69) is 21.8 Å². The zero-order valence-corrected chi connectivity index (χ0v) is 9.90. The van der Waals surface area contributed by atoms with Crippen molar-refractivity contribution in [2.75, 3.05) is 7.05 Å². The van der Waals surface area contributed by atoms with Gasteiger partial charge in [-0.05, 0) is 27.0 Å². The van der Waals surface area contributed by atoms with Gasteiger partial charge < -0.3 is 14.3 Å². The van der Waals surface area contributed by atoms with Crippen LogP contribution in [0.4, 0.5) is 0 Å². The second-order valence-electron chi connectivity index (χ2n) is 3.78. The number of hydrogen-bond donors (Lipinski definition) is 1. The van der Waals surface area contributed by atoms with Crippen molar-refractivity contribution < 1.29 is 4.42 Å². The van der Waals surface area contributed by atoms with Crippen LogP contribution in [0.5, 0.6) is 0 Å². The molecule has 2 heterocycles. The Morgan fingerprint density at radius 3 is 2.94 bits per heavy atom. The molecule has 0 saturated carbocycles. The van der Waals surface area contributed by atoms with Gasteiger partial charge in [-0.2, -0.15) is 0 Å². The van der Waals surface area contributed by atoms with Gasteiger partial charge in [0.15, 0.2) is 0 Å².